The monoisotopic (exact) mass is 331 g/mol. The molecule has 0 radical (unpaired) electrons. The highest BCUT2D eigenvalue weighted by molar-refractivity contribution is 5.72. The fourth-order valence-corrected chi connectivity index (χ4v) is 2.21. The standard InChI is InChI=1S/C16H29NO6/c1-15(2,3)11(13(20)21)8-7-10(9-12(18)19)17-14(22)23-16(4,5)6/h10-11H,7-9H2,1-6H3,(H,17,22)(H,18,19)(H,20,21). The Morgan fingerprint density at radius 2 is 1.52 bits per heavy atom. The van der Waals surface area contributed by atoms with Gasteiger partial charge in [-0.05, 0) is 39.0 Å². The number of carbonyl (C=O) groups excluding carboxylic acids is 1. The third-order valence-electron chi connectivity index (χ3n) is 3.29. The average Bonchev–Trinajstić information content (AvgIpc) is 2.22. The lowest BCUT2D eigenvalue weighted by Gasteiger charge is -2.29. The van der Waals surface area contributed by atoms with Gasteiger partial charge in [0.2, 0.25) is 0 Å². The van der Waals surface area contributed by atoms with E-state index in [0.717, 1.165) is 0 Å². The maximum atomic E-state index is 11.8. The molecule has 0 aliphatic carbocycles. The fourth-order valence-electron chi connectivity index (χ4n) is 2.21. The highest BCUT2D eigenvalue weighted by Crippen LogP contribution is 2.30. The van der Waals surface area contributed by atoms with Crippen molar-refractivity contribution in [2.75, 3.05) is 0 Å². The second kappa shape index (κ2) is 8.17. The lowest BCUT2D eigenvalue weighted by Crippen LogP contribution is -2.41. The van der Waals surface area contributed by atoms with Crippen LogP contribution in [0.5, 0.6) is 0 Å². The van der Waals surface area contributed by atoms with Gasteiger partial charge in [-0.1, -0.05) is 20.8 Å². The van der Waals surface area contributed by atoms with Gasteiger partial charge in [-0.15, -0.1) is 0 Å². The molecule has 0 heterocycles. The molecule has 2 unspecified atom stereocenters. The first-order chi connectivity index (χ1) is 10.2. The number of nitrogens with one attached hydrogen (secondary N) is 1. The summed E-state index contributed by atoms with van der Waals surface area (Å²) in [5.41, 5.74) is -1.14. The van der Waals surface area contributed by atoms with Crippen molar-refractivity contribution in [3.05, 3.63) is 0 Å². The van der Waals surface area contributed by atoms with Crippen LogP contribution in [0.2, 0.25) is 0 Å². The molecule has 3 N–H and O–H groups in total. The quantitative estimate of drug-likeness (QED) is 0.661. The van der Waals surface area contributed by atoms with E-state index in [2.05, 4.69) is 5.32 Å². The van der Waals surface area contributed by atoms with Crippen molar-refractivity contribution in [1.82, 2.24) is 5.32 Å². The van der Waals surface area contributed by atoms with Crippen molar-refractivity contribution in [1.29, 1.82) is 0 Å². The molecule has 0 spiro atoms. The predicted octanol–water partition coefficient (Wildman–Crippen LogP) is 2.88. The molecule has 0 aliphatic heterocycles. The lowest BCUT2D eigenvalue weighted by molar-refractivity contribution is -0.145. The van der Waals surface area contributed by atoms with Crippen molar-refractivity contribution in [3.63, 3.8) is 0 Å². The fraction of sp³-hybridized carbons (Fsp3) is 0.812. The smallest absolute Gasteiger partial charge is 0.407 e. The van der Waals surface area contributed by atoms with Gasteiger partial charge in [-0.2, -0.15) is 0 Å². The zero-order chi connectivity index (χ0) is 18.4. The second-order valence-electron chi connectivity index (χ2n) is 7.78. The first kappa shape index (κ1) is 21.2. The average molecular weight is 331 g/mol. The van der Waals surface area contributed by atoms with Crippen LogP contribution in [0, 0.1) is 11.3 Å². The van der Waals surface area contributed by atoms with Crippen LogP contribution >= 0.6 is 0 Å². The highest BCUT2D eigenvalue weighted by atomic mass is 16.6. The summed E-state index contributed by atoms with van der Waals surface area (Å²) in [7, 11) is 0. The largest absolute Gasteiger partial charge is 0.481 e. The Hall–Kier alpha value is -1.79. The molecule has 0 aromatic carbocycles. The van der Waals surface area contributed by atoms with E-state index in [1.165, 1.54) is 0 Å². The Morgan fingerprint density at radius 3 is 1.87 bits per heavy atom. The molecule has 1 amide bonds. The van der Waals surface area contributed by atoms with Crippen LogP contribution in [0.15, 0.2) is 0 Å². The van der Waals surface area contributed by atoms with Crippen LogP contribution < -0.4 is 5.32 Å². The molecule has 0 rings (SSSR count). The number of ether oxygens (including phenoxy) is 1. The van der Waals surface area contributed by atoms with Crippen LogP contribution in [0.4, 0.5) is 4.79 Å². The Bertz CT molecular complexity index is 433. The van der Waals surface area contributed by atoms with Gasteiger partial charge in [0.05, 0.1) is 12.3 Å². The van der Waals surface area contributed by atoms with Gasteiger partial charge in [0.15, 0.2) is 0 Å². The zero-order valence-electron chi connectivity index (χ0n) is 14.8. The van der Waals surface area contributed by atoms with Crippen LogP contribution in [0.1, 0.15) is 60.8 Å². The van der Waals surface area contributed by atoms with E-state index in [-0.39, 0.29) is 19.3 Å². The molecule has 7 nitrogen and oxygen atoms in total. The number of carbonyl (C=O) groups is 3. The molecule has 2 atom stereocenters. The highest BCUT2D eigenvalue weighted by Gasteiger charge is 2.32. The number of alkyl carbamates (subject to hydrolysis) is 1. The maximum absolute atomic E-state index is 11.8. The Labute approximate surface area is 137 Å². The molecule has 0 saturated heterocycles. The number of carboxylic acid groups (broad SMARTS) is 2. The first-order valence-corrected chi connectivity index (χ1v) is 7.66. The minimum absolute atomic E-state index is 0.250. The van der Waals surface area contributed by atoms with Gasteiger partial charge in [-0.3, -0.25) is 9.59 Å². The molecule has 0 saturated carbocycles. The van der Waals surface area contributed by atoms with Crippen LogP contribution in [0.3, 0.4) is 0 Å². The van der Waals surface area contributed by atoms with Gasteiger partial charge in [0, 0.05) is 6.04 Å². The summed E-state index contributed by atoms with van der Waals surface area (Å²) in [6.45, 7) is 10.6. The SMILES string of the molecule is CC(C)(C)OC(=O)NC(CCC(C(=O)O)C(C)(C)C)CC(=O)O. The number of hydrogen-bond acceptors (Lipinski definition) is 4. The summed E-state index contributed by atoms with van der Waals surface area (Å²) >= 11 is 0. The van der Waals surface area contributed by atoms with Crippen molar-refractivity contribution < 1.29 is 29.3 Å². The topological polar surface area (TPSA) is 113 Å². The zero-order valence-corrected chi connectivity index (χ0v) is 14.8. The molecular weight excluding hydrogens is 302 g/mol. The number of rotatable bonds is 7. The summed E-state index contributed by atoms with van der Waals surface area (Å²) in [6.07, 6.45) is -0.464. The van der Waals surface area contributed by atoms with E-state index in [1.807, 2.05) is 20.8 Å². The molecule has 0 aromatic heterocycles. The molecule has 134 valence electrons. The van der Waals surface area contributed by atoms with Crippen LogP contribution in [0.25, 0.3) is 0 Å². The van der Waals surface area contributed by atoms with E-state index >= 15 is 0 Å². The van der Waals surface area contributed by atoms with Crippen molar-refractivity contribution in [2.45, 2.75) is 72.4 Å². The van der Waals surface area contributed by atoms with Gasteiger partial charge in [-0.25, -0.2) is 4.79 Å². The van der Waals surface area contributed by atoms with Crippen LogP contribution in [-0.2, 0) is 14.3 Å². The summed E-state index contributed by atoms with van der Waals surface area (Å²) in [5, 5.41) is 20.8. The summed E-state index contributed by atoms with van der Waals surface area (Å²) in [5.74, 6) is -2.61. The number of aliphatic carboxylic acids is 2. The van der Waals surface area contributed by atoms with Crippen molar-refractivity contribution in [3.8, 4) is 0 Å². The third kappa shape index (κ3) is 9.76. The predicted molar refractivity (Wildman–Crippen MR) is 85.2 cm³/mol. The van der Waals surface area contributed by atoms with Gasteiger partial charge >= 0.3 is 18.0 Å². The maximum Gasteiger partial charge on any atom is 0.407 e. The normalized spacial score (nSPS) is 14.7. The Kier molecular flexibility index (Phi) is 7.54. The third-order valence-corrected chi connectivity index (χ3v) is 3.29. The molecule has 0 aromatic rings. The van der Waals surface area contributed by atoms with Crippen molar-refractivity contribution in [2.24, 2.45) is 11.3 Å². The minimum atomic E-state index is -1.06. The molecule has 0 bridgehead atoms. The Morgan fingerprint density at radius 1 is 1.00 bits per heavy atom. The van der Waals surface area contributed by atoms with Gasteiger partial charge in [0.25, 0.3) is 0 Å². The molecular formula is C16H29NO6. The summed E-state index contributed by atoms with van der Waals surface area (Å²) in [4.78, 5) is 34.1. The molecule has 23 heavy (non-hydrogen) atoms. The van der Waals surface area contributed by atoms with E-state index < -0.39 is 41.0 Å². The van der Waals surface area contributed by atoms with Gasteiger partial charge in [0.1, 0.15) is 5.60 Å². The lowest BCUT2D eigenvalue weighted by atomic mass is 9.77. The number of amides is 1. The second-order valence-corrected chi connectivity index (χ2v) is 7.78. The summed E-state index contributed by atoms with van der Waals surface area (Å²) < 4.78 is 5.11. The van der Waals surface area contributed by atoms with E-state index in [1.54, 1.807) is 20.8 Å². The number of hydrogen-bond donors (Lipinski definition) is 3. The minimum Gasteiger partial charge on any atom is -0.481 e. The molecule has 0 aliphatic rings. The van der Waals surface area contributed by atoms with Crippen LogP contribution in [-0.4, -0.2) is 39.9 Å². The summed E-state index contributed by atoms with van der Waals surface area (Å²) in [6, 6.07) is -0.674. The van der Waals surface area contributed by atoms with Crippen molar-refractivity contribution >= 4 is 18.0 Å². The first-order valence-electron chi connectivity index (χ1n) is 7.66. The Balaban J connectivity index is 4.82. The number of carboxylic acids is 2. The van der Waals surface area contributed by atoms with E-state index in [4.69, 9.17) is 9.84 Å². The van der Waals surface area contributed by atoms with Gasteiger partial charge < -0.3 is 20.3 Å². The van der Waals surface area contributed by atoms with E-state index in [0.29, 0.717) is 0 Å². The molecule has 0 fully saturated rings. The van der Waals surface area contributed by atoms with E-state index in [9.17, 15) is 19.5 Å². The molecule has 7 heteroatoms.